The maximum Gasteiger partial charge on any atom is 0.262 e. The lowest BCUT2D eigenvalue weighted by molar-refractivity contribution is -0.121. The number of nitrogens with one attached hydrogen (secondary N) is 2. The van der Waals surface area contributed by atoms with E-state index in [4.69, 9.17) is 0 Å². The van der Waals surface area contributed by atoms with Crippen molar-refractivity contribution in [1.82, 2.24) is 5.43 Å². The van der Waals surface area contributed by atoms with Crippen molar-refractivity contribution in [1.29, 1.82) is 0 Å². The zero-order chi connectivity index (χ0) is 15.2. The molecule has 1 aromatic carbocycles. The zero-order valence-corrected chi connectivity index (χ0v) is 14.7. The average molecular weight is 399 g/mol. The Hall–Kier alpha value is -1.11. The van der Waals surface area contributed by atoms with Crippen LogP contribution < -0.4 is 10.7 Å². The fourth-order valence-electron chi connectivity index (χ4n) is 2.42. The highest BCUT2D eigenvalue weighted by Gasteiger charge is 2.17. The topological polar surface area (TPSA) is 53.5 Å². The van der Waals surface area contributed by atoms with Crippen LogP contribution in [-0.2, 0) is 4.79 Å². The van der Waals surface area contributed by atoms with E-state index in [-0.39, 0.29) is 11.9 Å². The second kappa shape index (κ2) is 7.77. The highest BCUT2D eigenvalue weighted by Crippen LogP contribution is 2.20. The van der Waals surface area contributed by atoms with Crippen molar-refractivity contribution in [3.63, 3.8) is 0 Å². The molecule has 0 unspecified atom stereocenters. The standard InChI is InChI=1S/C16H22IN3O/c1-11-5-3-4-6-15(11)19-20-16(21)12(2)18-14-9-7-13(17)8-10-14/h7-12,18H,3-6H2,1-2H3,(H,20,21)/b19-15+/t11-,12+/m0/s1. The molecule has 2 rings (SSSR count). The Morgan fingerprint density at radius 3 is 2.71 bits per heavy atom. The zero-order valence-electron chi connectivity index (χ0n) is 12.5. The molecule has 0 saturated heterocycles. The third-order valence-electron chi connectivity index (χ3n) is 3.82. The molecule has 0 aromatic heterocycles. The lowest BCUT2D eigenvalue weighted by Crippen LogP contribution is -2.36. The number of benzene rings is 1. The van der Waals surface area contributed by atoms with Crippen molar-refractivity contribution in [2.45, 2.75) is 45.6 Å². The molecule has 1 aliphatic rings. The van der Waals surface area contributed by atoms with Crippen LogP contribution in [0, 0.1) is 9.49 Å². The number of anilines is 1. The Labute approximate surface area is 139 Å². The smallest absolute Gasteiger partial charge is 0.262 e. The molecule has 21 heavy (non-hydrogen) atoms. The van der Waals surface area contributed by atoms with Crippen LogP contribution in [-0.4, -0.2) is 17.7 Å². The summed E-state index contributed by atoms with van der Waals surface area (Å²) in [4.78, 5) is 12.1. The van der Waals surface area contributed by atoms with Crippen molar-refractivity contribution in [2.75, 3.05) is 5.32 Å². The summed E-state index contributed by atoms with van der Waals surface area (Å²) >= 11 is 2.26. The molecule has 4 nitrogen and oxygen atoms in total. The number of nitrogens with zero attached hydrogens (tertiary/aromatic N) is 1. The van der Waals surface area contributed by atoms with Gasteiger partial charge in [0.25, 0.3) is 5.91 Å². The van der Waals surface area contributed by atoms with E-state index in [1.807, 2.05) is 31.2 Å². The third-order valence-corrected chi connectivity index (χ3v) is 4.54. The summed E-state index contributed by atoms with van der Waals surface area (Å²) < 4.78 is 1.17. The van der Waals surface area contributed by atoms with Crippen LogP contribution >= 0.6 is 22.6 Å². The second-order valence-electron chi connectivity index (χ2n) is 5.60. The number of carbonyl (C=O) groups excluding carboxylic acids is 1. The number of rotatable bonds is 4. The van der Waals surface area contributed by atoms with Crippen LogP contribution in [0.25, 0.3) is 0 Å². The Morgan fingerprint density at radius 1 is 1.33 bits per heavy atom. The van der Waals surface area contributed by atoms with Gasteiger partial charge in [-0.15, -0.1) is 0 Å². The summed E-state index contributed by atoms with van der Waals surface area (Å²) in [5.41, 5.74) is 4.76. The fraction of sp³-hybridized carbons (Fsp3) is 0.500. The Kier molecular flexibility index (Phi) is 6.02. The third kappa shape index (κ3) is 4.98. The van der Waals surface area contributed by atoms with Gasteiger partial charge in [-0.1, -0.05) is 13.3 Å². The minimum absolute atomic E-state index is 0.0983. The molecule has 2 N–H and O–H groups in total. The summed E-state index contributed by atoms with van der Waals surface area (Å²) in [5, 5.41) is 7.50. The Balaban J connectivity index is 1.87. The molecule has 2 atom stereocenters. The van der Waals surface area contributed by atoms with Gasteiger partial charge < -0.3 is 5.32 Å². The van der Waals surface area contributed by atoms with Gasteiger partial charge >= 0.3 is 0 Å². The summed E-state index contributed by atoms with van der Waals surface area (Å²) in [6.45, 7) is 4.02. The predicted octanol–water partition coefficient (Wildman–Crippen LogP) is 3.77. The molecule has 114 valence electrons. The normalized spacial score (nSPS) is 21.9. The monoisotopic (exact) mass is 399 g/mol. The maximum absolute atomic E-state index is 12.1. The molecule has 1 saturated carbocycles. The summed E-state index contributed by atoms with van der Waals surface area (Å²) in [7, 11) is 0. The average Bonchev–Trinajstić information content (AvgIpc) is 2.48. The molecule has 0 bridgehead atoms. The van der Waals surface area contributed by atoms with Gasteiger partial charge in [0, 0.05) is 15.0 Å². The van der Waals surface area contributed by atoms with Crippen LogP contribution in [0.4, 0.5) is 5.69 Å². The molecule has 1 fully saturated rings. The molecule has 0 spiro atoms. The van der Waals surface area contributed by atoms with Gasteiger partial charge in [0.05, 0.1) is 0 Å². The molecule has 1 aromatic rings. The van der Waals surface area contributed by atoms with Gasteiger partial charge in [-0.25, -0.2) is 5.43 Å². The lowest BCUT2D eigenvalue weighted by atomic mass is 9.89. The SMILES string of the molecule is C[C@@H](Nc1ccc(I)cc1)C(=O)N/N=C1\CCCC[C@@H]1C. The highest BCUT2D eigenvalue weighted by molar-refractivity contribution is 14.1. The molecule has 1 aliphatic carbocycles. The van der Waals surface area contributed by atoms with Crippen LogP contribution in [0.5, 0.6) is 0 Å². The van der Waals surface area contributed by atoms with Crippen LogP contribution in [0.3, 0.4) is 0 Å². The largest absolute Gasteiger partial charge is 0.374 e. The van der Waals surface area contributed by atoms with E-state index < -0.39 is 0 Å². The Bertz CT molecular complexity index is 513. The molecular weight excluding hydrogens is 377 g/mol. The first-order valence-corrected chi connectivity index (χ1v) is 8.52. The van der Waals surface area contributed by atoms with Gasteiger partial charge in [-0.3, -0.25) is 4.79 Å². The second-order valence-corrected chi connectivity index (χ2v) is 6.84. The number of hydrogen-bond acceptors (Lipinski definition) is 3. The van der Waals surface area contributed by atoms with Crippen LogP contribution in [0.2, 0.25) is 0 Å². The van der Waals surface area contributed by atoms with Gasteiger partial charge in [-0.2, -0.15) is 5.10 Å². The van der Waals surface area contributed by atoms with E-state index in [1.54, 1.807) is 0 Å². The maximum atomic E-state index is 12.1. The number of carbonyl (C=O) groups is 1. The van der Waals surface area contributed by atoms with E-state index in [9.17, 15) is 4.79 Å². The minimum Gasteiger partial charge on any atom is -0.374 e. The molecule has 5 heteroatoms. The van der Waals surface area contributed by atoms with Gasteiger partial charge in [0.15, 0.2) is 0 Å². The molecule has 0 heterocycles. The van der Waals surface area contributed by atoms with Crippen molar-refractivity contribution in [2.24, 2.45) is 11.0 Å². The first-order valence-electron chi connectivity index (χ1n) is 7.44. The predicted molar refractivity (Wildman–Crippen MR) is 95.5 cm³/mol. The minimum atomic E-state index is -0.312. The van der Waals surface area contributed by atoms with Crippen LogP contribution in [0.1, 0.15) is 39.5 Å². The number of halogens is 1. The van der Waals surface area contributed by atoms with Crippen molar-refractivity contribution >= 4 is 39.9 Å². The van der Waals surface area contributed by atoms with E-state index in [2.05, 4.69) is 45.4 Å². The molecule has 0 radical (unpaired) electrons. The van der Waals surface area contributed by atoms with Crippen LogP contribution in [0.15, 0.2) is 29.4 Å². The number of amides is 1. The highest BCUT2D eigenvalue weighted by atomic mass is 127. The first kappa shape index (κ1) is 16.3. The first-order chi connectivity index (χ1) is 10.1. The number of hydrazone groups is 1. The lowest BCUT2D eigenvalue weighted by Gasteiger charge is -2.20. The van der Waals surface area contributed by atoms with Crippen molar-refractivity contribution in [3.05, 3.63) is 27.8 Å². The molecule has 1 amide bonds. The molecule has 0 aliphatic heterocycles. The van der Waals surface area contributed by atoms with Crippen molar-refractivity contribution in [3.8, 4) is 0 Å². The van der Waals surface area contributed by atoms with Gasteiger partial charge in [0.2, 0.25) is 0 Å². The number of hydrogen-bond donors (Lipinski definition) is 2. The van der Waals surface area contributed by atoms with E-state index in [0.29, 0.717) is 5.92 Å². The summed E-state index contributed by atoms with van der Waals surface area (Å²) in [6, 6.07) is 7.66. The fourth-order valence-corrected chi connectivity index (χ4v) is 2.78. The van der Waals surface area contributed by atoms with E-state index >= 15 is 0 Å². The molecular formula is C16H22IN3O. The van der Waals surface area contributed by atoms with E-state index in [0.717, 1.165) is 17.8 Å². The van der Waals surface area contributed by atoms with Crippen molar-refractivity contribution < 1.29 is 4.79 Å². The quantitative estimate of drug-likeness (QED) is 0.598. The summed E-state index contributed by atoms with van der Waals surface area (Å²) in [5.74, 6) is 0.386. The summed E-state index contributed by atoms with van der Waals surface area (Å²) in [6.07, 6.45) is 4.61. The van der Waals surface area contributed by atoms with Gasteiger partial charge in [0.1, 0.15) is 6.04 Å². The van der Waals surface area contributed by atoms with E-state index in [1.165, 1.54) is 22.8 Å². The van der Waals surface area contributed by atoms with Gasteiger partial charge in [-0.05, 0) is 79.0 Å². The Morgan fingerprint density at radius 2 is 2.05 bits per heavy atom.